The molecule has 0 aliphatic carbocycles. The van der Waals surface area contributed by atoms with Gasteiger partial charge in [-0.3, -0.25) is 4.79 Å². The van der Waals surface area contributed by atoms with E-state index in [0.29, 0.717) is 17.7 Å². The van der Waals surface area contributed by atoms with Crippen molar-refractivity contribution >= 4 is 34.5 Å². The van der Waals surface area contributed by atoms with Crippen LogP contribution in [0.3, 0.4) is 0 Å². The van der Waals surface area contributed by atoms with Gasteiger partial charge in [0, 0.05) is 11.3 Å². The van der Waals surface area contributed by atoms with Crippen molar-refractivity contribution in [1.82, 2.24) is 0 Å². The number of hydrogen-bond acceptors (Lipinski definition) is 5. The highest BCUT2D eigenvalue weighted by atomic mass is 32.2. The predicted molar refractivity (Wildman–Crippen MR) is 160 cm³/mol. The number of fused-ring (bicyclic) bond motifs is 1. The SMILES string of the molecule is CCCCCCCCCc1ccc(C(Sc2c(C(=O)O)ccc3ccccc23)C(O)CCCC(=O)OC)cc1. The normalized spacial score (nSPS) is 12.8. The van der Waals surface area contributed by atoms with Crippen LogP contribution in [0.25, 0.3) is 10.8 Å². The van der Waals surface area contributed by atoms with Crippen molar-refractivity contribution in [3.63, 3.8) is 0 Å². The van der Waals surface area contributed by atoms with E-state index in [-0.39, 0.29) is 23.2 Å². The molecule has 2 unspecified atom stereocenters. The van der Waals surface area contributed by atoms with E-state index in [1.165, 1.54) is 63.0 Å². The molecular weight excluding hydrogens is 508 g/mol. The summed E-state index contributed by atoms with van der Waals surface area (Å²) in [6, 6.07) is 19.6. The molecule has 0 aromatic heterocycles. The van der Waals surface area contributed by atoms with Gasteiger partial charge >= 0.3 is 11.9 Å². The Kier molecular flexibility index (Phi) is 12.8. The maximum Gasteiger partial charge on any atom is 0.336 e. The maximum atomic E-state index is 12.1. The average molecular weight is 551 g/mol. The van der Waals surface area contributed by atoms with Crippen LogP contribution in [0, 0.1) is 0 Å². The van der Waals surface area contributed by atoms with Crippen molar-refractivity contribution in [3.05, 3.63) is 77.4 Å². The van der Waals surface area contributed by atoms with Crippen molar-refractivity contribution in [2.75, 3.05) is 7.11 Å². The summed E-state index contributed by atoms with van der Waals surface area (Å²) >= 11 is 1.39. The molecule has 0 amide bonds. The third-order valence-electron chi connectivity index (χ3n) is 7.19. The standard InChI is InChI=1S/C33H42O5S/c1-3-4-5-6-7-8-9-13-24-18-20-26(21-19-24)31(29(34)16-12-17-30(35)38-2)39-32-27-15-11-10-14-25(27)22-23-28(32)33(36)37/h10-11,14-15,18-23,29,31,34H,3-9,12-13,16-17H2,1-2H3,(H,36,37). The Labute approximate surface area is 237 Å². The molecule has 0 aliphatic heterocycles. The predicted octanol–water partition coefficient (Wildman–Crippen LogP) is 8.37. The molecule has 2 atom stereocenters. The Morgan fingerprint density at radius 2 is 1.56 bits per heavy atom. The lowest BCUT2D eigenvalue weighted by Gasteiger charge is -2.25. The highest BCUT2D eigenvalue weighted by Gasteiger charge is 2.26. The second-order valence-corrected chi connectivity index (χ2v) is 11.3. The topological polar surface area (TPSA) is 83.8 Å². The number of aliphatic hydroxyl groups is 1. The fraction of sp³-hybridized carbons (Fsp3) is 0.455. The van der Waals surface area contributed by atoms with Crippen molar-refractivity contribution in [1.29, 1.82) is 0 Å². The van der Waals surface area contributed by atoms with Crippen LogP contribution in [-0.2, 0) is 16.0 Å². The van der Waals surface area contributed by atoms with Crippen molar-refractivity contribution in [3.8, 4) is 0 Å². The molecule has 39 heavy (non-hydrogen) atoms. The number of ether oxygens (including phenoxy) is 1. The molecule has 0 saturated heterocycles. The van der Waals surface area contributed by atoms with Gasteiger partial charge in [0.05, 0.1) is 24.0 Å². The number of thioether (sulfide) groups is 1. The molecule has 210 valence electrons. The van der Waals surface area contributed by atoms with Crippen LogP contribution in [0.4, 0.5) is 0 Å². The fourth-order valence-corrected chi connectivity index (χ4v) is 6.34. The Balaban J connectivity index is 1.80. The minimum Gasteiger partial charge on any atom is -0.478 e. The molecule has 0 saturated carbocycles. The smallest absolute Gasteiger partial charge is 0.336 e. The Morgan fingerprint density at radius 1 is 0.872 bits per heavy atom. The van der Waals surface area contributed by atoms with Gasteiger partial charge in [-0.15, -0.1) is 11.8 Å². The van der Waals surface area contributed by atoms with Crippen molar-refractivity contribution in [2.24, 2.45) is 0 Å². The number of carbonyl (C=O) groups excluding carboxylic acids is 1. The Hall–Kier alpha value is -2.83. The zero-order valence-corrected chi connectivity index (χ0v) is 24.1. The molecule has 0 bridgehead atoms. The van der Waals surface area contributed by atoms with Gasteiger partial charge in [-0.1, -0.05) is 100 Å². The molecule has 3 aromatic carbocycles. The van der Waals surface area contributed by atoms with Crippen LogP contribution >= 0.6 is 11.8 Å². The summed E-state index contributed by atoms with van der Waals surface area (Å²) in [6.45, 7) is 2.24. The number of aliphatic hydroxyl groups excluding tert-OH is 1. The highest BCUT2D eigenvalue weighted by molar-refractivity contribution is 7.99. The summed E-state index contributed by atoms with van der Waals surface area (Å²) in [7, 11) is 1.36. The lowest BCUT2D eigenvalue weighted by molar-refractivity contribution is -0.140. The van der Waals surface area contributed by atoms with Gasteiger partial charge in [0.1, 0.15) is 0 Å². The molecular formula is C33H42O5S. The van der Waals surface area contributed by atoms with Crippen LogP contribution in [0.2, 0.25) is 0 Å². The third-order valence-corrected chi connectivity index (χ3v) is 8.71. The van der Waals surface area contributed by atoms with Gasteiger partial charge in [-0.05, 0) is 53.6 Å². The zero-order valence-electron chi connectivity index (χ0n) is 23.2. The van der Waals surface area contributed by atoms with E-state index in [2.05, 4.69) is 31.2 Å². The van der Waals surface area contributed by atoms with E-state index in [1.807, 2.05) is 30.3 Å². The molecule has 0 radical (unpaired) electrons. The maximum absolute atomic E-state index is 12.1. The van der Waals surface area contributed by atoms with E-state index >= 15 is 0 Å². The van der Waals surface area contributed by atoms with Crippen molar-refractivity contribution < 1.29 is 24.5 Å². The summed E-state index contributed by atoms with van der Waals surface area (Å²) < 4.78 is 4.75. The first-order chi connectivity index (χ1) is 18.9. The van der Waals surface area contributed by atoms with Gasteiger partial charge < -0.3 is 14.9 Å². The van der Waals surface area contributed by atoms with Crippen LogP contribution in [0.5, 0.6) is 0 Å². The zero-order chi connectivity index (χ0) is 28.0. The number of aromatic carboxylic acids is 1. The molecule has 5 nitrogen and oxygen atoms in total. The second kappa shape index (κ2) is 16.3. The largest absolute Gasteiger partial charge is 0.478 e. The summed E-state index contributed by atoms with van der Waals surface area (Å²) in [6.07, 6.45) is 10.3. The van der Waals surface area contributed by atoms with Crippen LogP contribution < -0.4 is 0 Å². The molecule has 2 N–H and O–H groups in total. The number of carbonyl (C=O) groups is 2. The third kappa shape index (κ3) is 9.40. The average Bonchev–Trinajstić information content (AvgIpc) is 2.95. The van der Waals surface area contributed by atoms with Crippen LogP contribution in [0.1, 0.15) is 97.9 Å². The number of rotatable bonds is 17. The van der Waals surface area contributed by atoms with Gasteiger partial charge in [-0.2, -0.15) is 0 Å². The fourth-order valence-electron chi connectivity index (χ4n) is 4.90. The van der Waals surface area contributed by atoms with Gasteiger partial charge in [0.2, 0.25) is 0 Å². The number of esters is 1. The van der Waals surface area contributed by atoms with E-state index in [9.17, 15) is 19.8 Å². The summed E-state index contributed by atoms with van der Waals surface area (Å²) in [4.78, 5) is 24.4. The lowest BCUT2D eigenvalue weighted by Crippen LogP contribution is -2.17. The molecule has 6 heteroatoms. The van der Waals surface area contributed by atoms with Crippen molar-refractivity contribution in [2.45, 2.75) is 93.8 Å². The summed E-state index contributed by atoms with van der Waals surface area (Å²) in [5, 5.41) is 22.7. The Morgan fingerprint density at radius 3 is 2.26 bits per heavy atom. The number of benzene rings is 3. The van der Waals surface area contributed by atoms with E-state index < -0.39 is 12.1 Å². The van der Waals surface area contributed by atoms with E-state index in [1.54, 1.807) is 6.07 Å². The molecule has 3 aromatic rings. The molecule has 0 fully saturated rings. The first-order valence-electron chi connectivity index (χ1n) is 14.2. The lowest BCUT2D eigenvalue weighted by atomic mass is 9.99. The molecule has 0 heterocycles. The Bertz CT molecular complexity index is 1190. The number of carboxylic acid groups (broad SMARTS) is 1. The highest BCUT2D eigenvalue weighted by Crippen LogP contribution is 2.44. The van der Waals surface area contributed by atoms with Gasteiger partial charge in [0.15, 0.2) is 0 Å². The second-order valence-electron chi connectivity index (χ2n) is 10.2. The monoisotopic (exact) mass is 550 g/mol. The molecule has 0 spiro atoms. The summed E-state index contributed by atoms with van der Waals surface area (Å²) in [5.41, 5.74) is 2.44. The number of hydrogen-bond donors (Lipinski definition) is 2. The molecule has 0 aliphatic rings. The number of methoxy groups -OCH3 is 1. The van der Waals surface area contributed by atoms with Gasteiger partial charge in [-0.25, -0.2) is 4.79 Å². The first-order valence-corrected chi connectivity index (χ1v) is 15.1. The number of aryl methyl sites for hydroxylation is 1. The van der Waals surface area contributed by atoms with Crippen LogP contribution in [0.15, 0.2) is 65.6 Å². The minimum absolute atomic E-state index is 0.223. The summed E-state index contributed by atoms with van der Waals surface area (Å²) in [5.74, 6) is -1.30. The van der Waals surface area contributed by atoms with Crippen LogP contribution in [-0.4, -0.2) is 35.4 Å². The molecule has 3 rings (SSSR count). The van der Waals surface area contributed by atoms with E-state index in [4.69, 9.17) is 4.74 Å². The van der Waals surface area contributed by atoms with Gasteiger partial charge in [0.25, 0.3) is 0 Å². The first kappa shape index (κ1) is 30.7. The van der Waals surface area contributed by atoms with E-state index in [0.717, 1.165) is 29.2 Å². The quantitative estimate of drug-likeness (QED) is 0.0998. The number of carboxylic acids is 1. The minimum atomic E-state index is -0.993. The number of unbranched alkanes of at least 4 members (excludes halogenated alkanes) is 6.